The maximum atomic E-state index is 13.2. The van der Waals surface area contributed by atoms with Crippen LogP contribution in [0.2, 0.25) is 0 Å². The first-order chi connectivity index (χ1) is 9.13. The molecule has 2 aromatic rings. The number of halogens is 2. The summed E-state index contributed by atoms with van der Waals surface area (Å²) >= 11 is 0. The van der Waals surface area contributed by atoms with Crippen LogP contribution in [-0.2, 0) is 0 Å². The van der Waals surface area contributed by atoms with Crippen LogP contribution in [0, 0.1) is 11.6 Å². The van der Waals surface area contributed by atoms with Gasteiger partial charge in [0.05, 0.1) is 5.92 Å². The van der Waals surface area contributed by atoms with E-state index in [1.807, 2.05) is 6.07 Å². The number of hydrogen-bond acceptors (Lipinski definition) is 2. The highest BCUT2D eigenvalue weighted by Gasteiger charge is 2.21. The molecule has 19 heavy (non-hydrogen) atoms. The van der Waals surface area contributed by atoms with Crippen LogP contribution in [0.4, 0.5) is 8.78 Å². The summed E-state index contributed by atoms with van der Waals surface area (Å²) in [5, 5.41) is 0. The summed E-state index contributed by atoms with van der Waals surface area (Å²) in [6.07, 6.45) is 0. The zero-order valence-corrected chi connectivity index (χ0v) is 10.1. The average molecular weight is 261 g/mol. The van der Waals surface area contributed by atoms with Gasteiger partial charge in [-0.25, -0.2) is 8.78 Å². The number of Topliss-reactive ketones (excluding diaryl/α,β-unsaturated/α-hetero) is 1. The van der Waals surface area contributed by atoms with E-state index in [-0.39, 0.29) is 17.9 Å². The molecule has 0 aliphatic carbocycles. The highest BCUT2D eigenvalue weighted by molar-refractivity contribution is 6.01. The molecule has 1 atom stereocenters. The molecule has 0 aliphatic heterocycles. The monoisotopic (exact) mass is 261 g/mol. The van der Waals surface area contributed by atoms with E-state index in [1.54, 1.807) is 24.3 Å². The molecule has 1 unspecified atom stereocenters. The van der Waals surface area contributed by atoms with E-state index in [0.29, 0.717) is 0 Å². The van der Waals surface area contributed by atoms with Crippen molar-refractivity contribution in [3.8, 4) is 0 Å². The minimum Gasteiger partial charge on any atom is -0.329 e. The van der Waals surface area contributed by atoms with E-state index < -0.39 is 17.6 Å². The van der Waals surface area contributed by atoms with E-state index in [1.165, 1.54) is 6.07 Å². The lowest BCUT2D eigenvalue weighted by atomic mass is 9.91. The maximum Gasteiger partial charge on any atom is 0.171 e. The van der Waals surface area contributed by atoms with Crippen molar-refractivity contribution in [3.05, 3.63) is 71.3 Å². The Balaban J connectivity index is 2.33. The van der Waals surface area contributed by atoms with Crippen molar-refractivity contribution in [1.82, 2.24) is 0 Å². The van der Waals surface area contributed by atoms with Crippen molar-refractivity contribution in [2.24, 2.45) is 5.73 Å². The molecule has 0 spiro atoms. The summed E-state index contributed by atoms with van der Waals surface area (Å²) in [4.78, 5) is 12.3. The highest BCUT2D eigenvalue weighted by Crippen LogP contribution is 2.21. The molecule has 0 radical (unpaired) electrons. The predicted molar refractivity (Wildman–Crippen MR) is 68.9 cm³/mol. The Bertz CT molecular complexity index is 584. The highest BCUT2D eigenvalue weighted by atomic mass is 19.2. The molecule has 0 amide bonds. The fourth-order valence-electron chi connectivity index (χ4n) is 1.93. The van der Waals surface area contributed by atoms with Gasteiger partial charge in [0.25, 0.3) is 0 Å². The van der Waals surface area contributed by atoms with Gasteiger partial charge in [0, 0.05) is 12.1 Å². The summed E-state index contributed by atoms with van der Waals surface area (Å²) in [5.74, 6) is -2.87. The topological polar surface area (TPSA) is 43.1 Å². The summed E-state index contributed by atoms with van der Waals surface area (Å²) in [6.45, 7) is 0.113. The Labute approximate surface area is 109 Å². The van der Waals surface area contributed by atoms with Crippen LogP contribution >= 0.6 is 0 Å². The molecule has 2 aromatic carbocycles. The van der Waals surface area contributed by atoms with Gasteiger partial charge in [-0.05, 0) is 23.8 Å². The number of carbonyl (C=O) groups excluding carboxylic acids is 1. The molecule has 2 N–H and O–H groups in total. The Morgan fingerprint density at radius 3 is 2.32 bits per heavy atom. The van der Waals surface area contributed by atoms with Crippen LogP contribution in [0.15, 0.2) is 48.5 Å². The van der Waals surface area contributed by atoms with Gasteiger partial charge in [0.15, 0.2) is 17.4 Å². The van der Waals surface area contributed by atoms with E-state index in [4.69, 9.17) is 5.73 Å². The first-order valence-electron chi connectivity index (χ1n) is 5.87. The van der Waals surface area contributed by atoms with Gasteiger partial charge in [-0.15, -0.1) is 0 Å². The van der Waals surface area contributed by atoms with Crippen LogP contribution in [0.1, 0.15) is 21.8 Å². The molecule has 0 heterocycles. The third-order valence-electron chi connectivity index (χ3n) is 2.96. The first-order valence-corrected chi connectivity index (χ1v) is 5.87. The second-order valence-corrected chi connectivity index (χ2v) is 4.19. The third-order valence-corrected chi connectivity index (χ3v) is 2.96. The van der Waals surface area contributed by atoms with Gasteiger partial charge in [0.2, 0.25) is 0 Å². The zero-order chi connectivity index (χ0) is 13.8. The number of ketones is 1. The molecular weight excluding hydrogens is 248 g/mol. The number of benzene rings is 2. The molecular formula is C15H13F2NO. The Morgan fingerprint density at radius 1 is 1.05 bits per heavy atom. The van der Waals surface area contributed by atoms with Gasteiger partial charge < -0.3 is 5.73 Å². The largest absolute Gasteiger partial charge is 0.329 e. The Morgan fingerprint density at radius 2 is 1.74 bits per heavy atom. The molecule has 0 saturated carbocycles. The zero-order valence-electron chi connectivity index (χ0n) is 10.1. The van der Waals surface area contributed by atoms with Crippen molar-refractivity contribution in [1.29, 1.82) is 0 Å². The number of carbonyl (C=O) groups is 1. The number of rotatable bonds is 4. The van der Waals surface area contributed by atoms with Gasteiger partial charge in [0.1, 0.15) is 0 Å². The molecule has 0 aromatic heterocycles. The van der Waals surface area contributed by atoms with Crippen molar-refractivity contribution in [2.45, 2.75) is 5.92 Å². The quantitative estimate of drug-likeness (QED) is 0.860. The summed E-state index contributed by atoms with van der Waals surface area (Å²) in [7, 11) is 0. The van der Waals surface area contributed by atoms with E-state index in [0.717, 1.165) is 17.7 Å². The SMILES string of the molecule is NCC(C(=O)c1ccc(F)c(F)c1)c1ccccc1. The molecule has 0 saturated heterocycles. The summed E-state index contributed by atoms with van der Waals surface area (Å²) in [6, 6.07) is 12.1. The van der Waals surface area contributed by atoms with Gasteiger partial charge in [-0.1, -0.05) is 30.3 Å². The normalized spacial score (nSPS) is 12.2. The lowest BCUT2D eigenvalue weighted by Crippen LogP contribution is -2.22. The van der Waals surface area contributed by atoms with Crippen LogP contribution in [-0.4, -0.2) is 12.3 Å². The minimum atomic E-state index is -1.03. The maximum absolute atomic E-state index is 13.2. The van der Waals surface area contributed by atoms with Gasteiger partial charge in [-0.3, -0.25) is 4.79 Å². The van der Waals surface area contributed by atoms with E-state index >= 15 is 0 Å². The number of nitrogens with two attached hydrogens (primary N) is 1. The molecule has 0 fully saturated rings. The van der Waals surface area contributed by atoms with Crippen LogP contribution < -0.4 is 5.73 Å². The van der Waals surface area contributed by atoms with Gasteiger partial charge >= 0.3 is 0 Å². The molecule has 2 rings (SSSR count). The molecule has 2 nitrogen and oxygen atoms in total. The van der Waals surface area contributed by atoms with Crippen molar-refractivity contribution in [2.75, 3.05) is 6.54 Å². The number of hydrogen-bond donors (Lipinski definition) is 1. The standard InChI is InChI=1S/C15H13F2NO/c16-13-7-6-11(8-14(13)17)15(19)12(9-18)10-4-2-1-3-5-10/h1-8,12H,9,18H2. The van der Waals surface area contributed by atoms with E-state index in [9.17, 15) is 13.6 Å². The molecule has 0 bridgehead atoms. The molecule has 0 aliphatic rings. The Hall–Kier alpha value is -2.07. The van der Waals surface area contributed by atoms with Crippen molar-refractivity contribution in [3.63, 3.8) is 0 Å². The smallest absolute Gasteiger partial charge is 0.171 e. The predicted octanol–water partition coefficient (Wildman–Crippen LogP) is 2.89. The summed E-state index contributed by atoms with van der Waals surface area (Å²) in [5.41, 5.74) is 6.51. The second kappa shape index (κ2) is 5.71. The van der Waals surface area contributed by atoms with Crippen LogP contribution in [0.25, 0.3) is 0 Å². The second-order valence-electron chi connectivity index (χ2n) is 4.19. The lowest BCUT2D eigenvalue weighted by molar-refractivity contribution is 0.0962. The van der Waals surface area contributed by atoms with E-state index in [2.05, 4.69) is 0 Å². The van der Waals surface area contributed by atoms with Crippen LogP contribution in [0.5, 0.6) is 0 Å². The van der Waals surface area contributed by atoms with Crippen molar-refractivity contribution < 1.29 is 13.6 Å². The lowest BCUT2D eigenvalue weighted by Gasteiger charge is -2.14. The summed E-state index contributed by atoms with van der Waals surface area (Å²) < 4.78 is 26.0. The molecule has 98 valence electrons. The molecule has 4 heteroatoms. The fraction of sp³-hybridized carbons (Fsp3) is 0.133. The van der Waals surface area contributed by atoms with Crippen molar-refractivity contribution >= 4 is 5.78 Å². The average Bonchev–Trinajstić information content (AvgIpc) is 2.44. The fourth-order valence-corrected chi connectivity index (χ4v) is 1.93. The Kier molecular flexibility index (Phi) is 4.02. The van der Waals surface area contributed by atoms with Gasteiger partial charge in [-0.2, -0.15) is 0 Å². The van der Waals surface area contributed by atoms with Crippen LogP contribution in [0.3, 0.4) is 0 Å². The third kappa shape index (κ3) is 2.85. The minimum absolute atomic E-state index is 0.113. The first kappa shape index (κ1) is 13.4.